The minimum Gasteiger partial charge on any atom is -0.301 e. The number of amides is 1. The Bertz CT molecular complexity index is 1110. The number of sulfonamides is 1. The van der Waals surface area contributed by atoms with E-state index in [0.717, 1.165) is 11.3 Å². The summed E-state index contributed by atoms with van der Waals surface area (Å²) in [6.07, 6.45) is 0.231. The Morgan fingerprint density at radius 2 is 1.68 bits per heavy atom. The molecule has 10 heteroatoms. The number of nitrogens with zero attached hydrogens (tertiary/aromatic N) is 2. The van der Waals surface area contributed by atoms with Gasteiger partial charge in [-0.2, -0.15) is 8.42 Å². The highest BCUT2D eigenvalue weighted by Gasteiger charge is 2.23. The zero-order valence-corrected chi connectivity index (χ0v) is 16.4. The molecule has 0 aliphatic heterocycles. The first-order valence-electron chi connectivity index (χ1n) is 8.25. The molecular formula is C18H16N4O4S2. The Labute approximate surface area is 165 Å². The molecule has 2 aromatic carbocycles. The van der Waals surface area contributed by atoms with Gasteiger partial charge in [0.2, 0.25) is 11.0 Å². The van der Waals surface area contributed by atoms with Crippen LogP contribution in [-0.4, -0.2) is 30.3 Å². The first-order valence-corrected chi connectivity index (χ1v) is 10.6. The molecule has 0 bridgehead atoms. The molecule has 144 valence electrons. The Morgan fingerprint density at radius 1 is 1.00 bits per heavy atom. The van der Waals surface area contributed by atoms with E-state index in [1.165, 1.54) is 6.07 Å². The molecule has 0 aliphatic carbocycles. The van der Waals surface area contributed by atoms with E-state index in [9.17, 15) is 18.0 Å². The van der Waals surface area contributed by atoms with Crippen molar-refractivity contribution in [2.75, 3.05) is 10.0 Å². The first kappa shape index (κ1) is 19.6. The normalized spacial score (nSPS) is 11.0. The molecule has 1 heterocycles. The number of carbonyl (C=O) groups excluding carboxylic acids is 2. The standard InChI is InChI=1S/C18H16N4O4S2/c1-2-15(23)19-17-20-21-18(27-17)28(25,26)22-14-11-7-6-10-13(14)16(24)12-8-4-3-5-9-12/h3-11,22H,2H2,1H3,(H,19,20,23). The van der Waals surface area contributed by atoms with Crippen molar-refractivity contribution in [3.63, 3.8) is 0 Å². The van der Waals surface area contributed by atoms with Gasteiger partial charge in [0, 0.05) is 17.5 Å². The zero-order valence-electron chi connectivity index (χ0n) is 14.7. The maximum absolute atomic E-state index is 12.7. The molecule has 1 amide bonds. The third kappa shape index (κ3) is 4.41. The molecule has 1 aromatic heterocycles. The third-order valence-electron chi connectivity index (χ3n) is 3.66. The van der Waals surface area contributed by atoms with Gasteiger partial charge in [-0.25, -0.2) is 0 Å². The topological polar surface area (TPSA) is 118 Å². The largest absolute Gasteiger partial charge is 0.301 e. The predicted molar refractivity (Wildman–Crippen MR) is 106 cm³/mol. The first-order chi connectivity index (χ1) is 13.4. The van der Waals surface area contributed by atoms with Gasteiger partial charge in [-0.1, -0.05) is 60.7 Å². The SMILES string of the molecule is CCC(=O)Nc1nnc(S(=O)(=O)Nc2ccccc2C(=O)c2ccccc2)s1. The van der Waals surface area contributed by atoms with Crippen LogP contribution in [0.5, 0.6) is 0 Å². The molecule has 8 nitrogen and oxygen atoms in total. The molecule has 3 aromatic rings. The number of hydrogen-bond acceptors (Lipinski definition) is 7. The van der Waals surface area contributed by atoms with Crippen LogP contribution in [0.15, 0.2) is 58.9 Å². The van der Waals surface area contributed by atoms with Crippen molar-refractivity contribution in [2.45, 2.75) is 17.7 Å². The van der Waals surface area contributed by atoms with Gasteiger partial charge in [0.1, 0.15) is 0 Å². The third-order valence-corrected chi connectivity index (χ3v) is 6.23. The number of ketones is 1. The van der Waals surface area contributed by atoms with Crippen LogP contribution in [0.3, 0.4) is 0 Å². The highest BCUT2D eigenvalue weighted by atomic mass is 32.2. The molecule has 0 unspecified atom stereocenters. The number of anilines is 2. The molecule has 0 saturated heterocycles. The van der Waals surface area contributed by atoms with E-state index in [2.05, 4.69) is 20.2 Å². The fourth-order valence-corrected chi connectivity index (χ4v) is 4.28. The summed E-state index contributed by atoms with van der Waals surface area (Å²) >= 11 is 0.724. The van der Waals surface area contributed by atoms with E-state index in [4.69, 9.17) is 0 Å². The zero-order chi connectivity index (χ0) is 20.1. The number of hydrogen-bond donors (Lipinski definition) is 2. The van der Waals surface area contributed by atoms with Gasteiger partial charge in [-0.15, -0.1) is 10.2 Å². The van der Waals surface area contributed by atoms with Crippen molar-refractivity contribution in [3.05, 3.63) is 65.7 Å². The summed E-state index contributed by atoms with van der Waals surface area (Å²) in [5.41, 5.74) is 0.779. The fraction of sp³-hybridized carbons (Fsp3) is 0.111. The van der Waals surface area contributed by atoms with Gasteiger partial charge in [-0.3, -0.25) is 14.3 Å². The average Bonchev–Trinajstić information content (AvgIpc) is 3.17. The molecule has 0 atom stereocenters. The van der Waals surface area contributed by atoms with Gasteiger partial charge in [0.25, 0.3) is 14.4 Å². The van der Waals surface area contributed by atoms with Crippen molar-refractivity contribution in [2.24, 2.45) is 0 Å². The Balaban J connectivity index is 1.87. The van der Waals surface area contributed by atoms with Gasteiger partial charge < -0.3 is 5.32 Å². The van der Waals surface area contributed by atoms with Crippen molar-refractivity contribution in [1.29, 1.82) is 0 Å². The highest BCUT2D eigenvalue weighted by molar-refractivity contribution is 7.94. The summed E-state index contributed by atoms with van der Waals surface area (Å²) in [5, 5.41) is 9.83. The molecule has 3 rings (SSSR count). The lowest BCUT2D eigenvalue weighted by molar-refractivity contribution is -0.115. The molecule has 2 N–H and O–H groups in total. The molecule has 0 saturated carbocycles. The van der Waals surface area contributed by atoms with Crippen molar-refractivity contribution in [1.82, 2.24) is 10.2 Å². The Kier molecular flexibility index (Phi) is 5.81. The summed E-state index contributed by atoms with van der Waals surface area (Å²) < 4.78 is 27.4. The fourth-order valence-electron chi connectivity index (χ4n) is 2.28. The molecule has 0 radical (unpaired) electrons. The Morgan fingerprint density at radius 3 is 2.39 bits per heavy atom. The highest BCUT2D eigenvalue weighted by Crippen LogP contribution is 2.25. The van der Waals surface area contributed by atoms with Gasteiger partial charge in [0.05, 0.1) is 5.69 Å². The number of aromatic nitrogens is 2. The minimum absolute atomic E-state index is 0.0841. The second-order valence-electron chi connectivity index (χ2n) is 5.62. The summed E-state index contributed by atoms with van der Waals surface area (Å²) in [5.74, 6) is -0.612. The van der Waals surface area contributed by atoms with Crippen LogP contribution in [0.4, 0.5) is 10.8 Å². The lowest BCUT2D eigenvalue weighted by atomic mass is 10.0. The van der Waals surface area contributed by atoms with Crippen LogP contribution in [-0.2, 0) is 14.8 Å². The minimum atomic E-state index is -4.08. The van der Waals surface area contributed by atoms with Crippen LogP contribution in [0, 0.1) is 0 Å². The molecular weight excluding hydrogens is 400 g/mol. The molecule has 0 aliphatic rings. The van der Waals surface area contributed by atoms with Crippen molar-refractivity contribution < 1.29 is 18.0 Å². The lowest BCUT2D eigenvalue weighted by Crippen LogP contribution is -2.15. The van der Waals surface area contributed by atoms with E-state index in [-0.39, 0.29) is 38.8 Å². The van der Waals surface area contributed by atoms with Crippen LogP contribution in [0.1, 0.15) is 29.3 Å². The van der Waals surface area contributed by atoms with Crippen LogP contribution < -0.4 is 10.0 Å². The lowest BCUT2D eigenvalue weighted by Gasteiger charge is -2.10. The number of benzene rings is 2. The van der Waals surface area contributed by atoms with Crippen LogP contribution >= 0.6 is 11.3 Å². The molecule has 0 spiro atoms. The smallest absolute Gasteiger partial charge is 0.291 e. The Hall–Kier alpha value is -3.11. The van der Waals surface area contributed by atoms with Gasteiger partial charge >= 0.3 is 0 Å². The number of carbonyl (C=O) groups is 2. The maximum atomic E-state index is 12.7. The summed E-state index contributed by atoms with van der Waals surface area (Å²) in [4.78, 5) is 24.2. The molecule has 28 heavy (non-hydrogen) atoms. The van der Waals surface area contributed by atoms with Gasteiger partial charge in [0.15, 0.2) is 5.78 Å². The molecule has 0 fully saturated rings. The monoisotopic (exact) mass is 416 g/mol. The second-order valence-corrected chi connectivity index (χ2v) is 8.45. The van der Waals surface area contributed by atoms with Crippen molar-refractivity contribution in [3.8, 4) is 0 Å². The van der Waals surface area contributed by atoms with E-state index in [0.29, 0.717) is 5.56 Å². The van der Waals surface area contributed by atoms with E-state index >= 15 is 0 Å². The number of rotatable bonds is 7. The number of para-hydroxylation sites is 1. The second kappa shape index (κ2) is 8.28. The quantitative estimate of drug-likeness (QED) is 0.452. The van der Waals surface area contributed by atoms with E-state index in [1.54, 1.807) is 55.5 Å². The summed E-state index contributed by atoms with van der Waals surface area (Å²) in [6.45, 7) is 1.66. The van der Waals surface area contributed by atoms with E-state index < -0.39 is 10.0 Å². The number of nitrogens with one attached hydrogen (secondary N) is 2. The predicted octanol–water partition coefficient (Wildman–Crippen LogP) is 2.92. The average molecular weight is 416 g/mol. The van der Waals surface area contributed by atoms with Crippen LogP contribution in [0.2, 0.25) is 0 Å². The summed E-state index contributed by atoms with van der Waals surface area (Å²) in [6, 6.07) is 14.9. The van der Waals surface area contributed by atoms with Crippen LogP contribution in [0.25, 0.3) is 0 Å². The van der Waals surface area contributed by atoms with Gasteiger partial charge in [-0.05, 0) is 12.1 Å². The van der Waals surface area contributed by atoms with E-state index in [1.807, 2.05) is 0 Å². The maximum Gasteiger partial charge on any atom is 0.291 e. The van der Waals surface area contributed by atoms with Crippen molar-refractivity contribution >= 4 is 43.9 Å². The summed E-state index contributed by atoms with van der Waals surface area (Å²) in [7, 11) is -4.08.